The third kappa shape index (κ3) is 25.7. The highest BCUT2D eigenvalue weighted by Gasteiger charge is 2.28. The van der Waals surface area contributed by atoms with E-state index in [1.165, 1.54) is 70.6 Å². The number of aliphatic hydroxyl groups excluding tert-OH is 2. The SMILES string of the molecule is CCCC/C=C\CCCCCC(O)C(=O)NC(CS(=O)(=O)O)C(O)CCCCCCCCCCCCCCC. The van der Waals surface area contributed by atoms with Crippen LogP contribution >= 0.6 is 0 Å². The maximum Gasteiger partial charge on any atom is 0.266 e. The molecule has 0 saturated carbocycles. The zero-order chi connectivity index (χ0) is 29.2. The Morgan fingerprint density at radius 2 is 1.10 bits per heavy atom. The van der Waals surface area contributed by atoms with Crippen LogP contribution in [0.15, 0.2) is 12.2 Å². The molecule has 4 N–H and O–H groups in total. The maximum absolute atomic E-state index is 12.4. The molecule has 0 aromatic carbocycles. The second kappa shape index (κ2) is 26.0. The Morgan fingerprint density at radius 3 is 1.62 bits per heavy atom. The molecule has 0 spiro atoms. The van der Waals surface area contributed by atoms with E-state index in [4.69, 9.17) is 0 Å². The fourth-order valence-corrected chi connectivity index (χ4v) is 5.55. The van der Waals surface area contributed by atoms with Crippen molar-refractivity contribution in [3.63, 3.8) is 0 Å². The van der Waals surface area contributed by atoms with E-state index >= 15 is 0 Å². The van der Waals surface area contributed by atoms with Crippen molar-refractivity contribution in [1.82, 2.24) is 5.32 Å². The van der Waals surface area contributed by atoms with Crippen LogP contribution in [0.5, 0.6) is 0 Å². The van der Waals surface area contributed by atoms with Gasteiger partial charge in [-0.25, -0.2) is 0 Å². The van der Waals surface area contributed by atoms with Crippen LogP contribution in [-0.2, 0) is 14.9 Å². The zero-order valence-electron chi connectivity index (χ0n) is 25.1. The lowest BCUT2D eigenvalue weighted by Gasteiger charge is -2.24. The summed E-state index contributed by atoms with van der Waals surface area (Å²) in [6.45, 7) is 4.40. The molecular weight excluding hydrogens is 514 g/mol. The Kier molecular flexibility index (Phi) is 25.3. The number of hydrogen-bond donors (Lipinski definition) is 4. The Morgan fingerprint density at radius 1 is 0.667 bits per heavy atom. The van der Waals surface area contributed by atoms with Crippen LogP contribution in [0.2, 0.25) is 0 Å². The summed E-state index contributed by atoms with van der Waals surface area (Å²) in [6.07, 6.45) is 25.3. The van der Waals surface area contributed by atoms with Gasteiger partial charge in [0.15, 0.2) is 0 Å². The van der Waals surface area contributed by atoms with Gasteiger partial charge in [-0.05, 0) is 32.1 Å². The van der Waals surface area contributed by atoms with E-state index in [0.29, 0.717) is 19.3 Å². The van der Waals surface area contributed by atoms with E-state index in [9.17, 15) is 28.0 Å². The van der Waals surface area contributed by atoms with Crippen molar-refractivity contribution < 1.29 is 28.0 Å². The molecule has 7 nitrogen and oxygen atoms in total. The Bertz CT molecular complexity index is 697. The molecule has 3 atom stereocenters. The minimum atomic E-state index is -4.40. The topological polar surface area (TPSA) is 124 Å². The van der Waals surface area contributed by atoms with E-state index in [0.717, 1.165) is 44.9 Å². The second-order valence-corrected chi connectivity index (χ2v) is 12.7. The highest BCUT2D eigenvalue weighted by molar-refractivity contribution is 7.85. The van der Waals surface area contributed by atoms with Crippen molar-refractivity contribution in [3.05, 3.63) is 12.2 Å². The summed E-state index contributed by atoms with van der Waals surface area (Å²) >= 11 is 0. The van der Waals surface area contributed by atoms with Gasteiger partial charge < -0.3 is 15.5 Å². The average Bonchev–Trinajstić information content (AvgIpc) is 2.88. The number of carbonyl (C=O) groups is 1. The predicted octanol–water partition coefficient (Wildman–Crippen LogP) is 7.26. The molecule has 0 radical (unpaired) electrons. The van der Waals surface area contributed by atoms with Crippen LogP contribution in [0, 0.1) is 0 Å². The van der Waals surface area contributed by atoms with Gasteiger partial charge in [0.05, 0.1) is 17.9 Å². The molecule has 0 heterocycles. The minimum absolute atomic E-state index is 0.277. The third-order valence-corrected chi connectivity index (χ3v) is 8.11. The first-order chi connectivity index (χ1) is 18.7. The van der Waals surface area contributed by atoms with Crippen molar-refractivity contribution >= 4 is 16.0 Å². The first-order valence-electron chi connectivity index (χ1n) is 16.0. The van der Waals surface area contributed by atoms with Crippen molar-refractivity contribution in [1.29, 1.82) is 0 Å². The number of hydrogen-bond acceptors (Lipinski definition) is 5. The molecule has 0 fully saturated rings. The molecule has 0 saturated heterocycles. The number of carbonyl (C=O) groups excluding carboxylic acids is 1. The largest absolute Gasteiger partial charge is 0.391 e. The standard InChI is InChI=1S/C31H61NO6S/c1-3-5-7-9-11-13-14-15-16-18-19-21-23-25-29(33)28(27-39(36,37)38)32-31(35)30(34)26-24-22-20-17-12-10-8-6-4-2/h10,12,28-30,33-34H,3-9,11,13-27H2,1-2H3,(H,32,35)(H,36,37,38)/b12-10-. The molecule has 0 aliphatic rings. The molecule has 0 aliphatic carbocycles. The summed E-state index contributed by atoms with van der Waals surface area (Å²) in [6, 6.07) is -1.15. The molecular formula is C31H61NO6S. The van der Waals surface area contributed by atoms with E-state index < -0.39 is 40.0 Å². The Labute approximate surface area is 240 Å². The Balaban J connectivity index is 4.16. The predicted molar refractivity (Wildman–Crippen MR) is 162 cm³/mol. The summed E-state index contributed by atoms with van der Waals surface area (Å²) in [5.41, 5.74) is 0. The number of unbranched alkanes of at least 4 members (excludes halogenated alkanes) is 17. The third-order valence-electron chi connectivity index (χ3n) is 7.33. The maximum atomic E-state index is 12.4. The van der Waals surface area contributed by atoms with Crippen LogP contribution in [0.3, 0.4) is 0 Å². The Hall–Kier alpha value is -0.960. The van der Waals surface area contributed by atoms with Crippen LogP contribution in [0.1, 0.15) is 155 Å². The highest BCUT2D eigenvalue weighted by Crippen LogP contribution is 2.15. The van der Waals surface area contributed by atoms with Gasteiger partial charge in [-0.15, -0.1) is 0 Å². The van der Waals surface area contributed by atoms with Gasteiger partial charge >= 0.3 is 0 Å². The number of amides is 1. The molecule has 232 valence electrons. The van der Waals surface area contributed by atoms with Gasteiger partial charge in [-0.3, -0.25) is 9.35 Å². The monoisotopic (exact) mass is 575 g/mol. The smallest absolute Gasteiger partial charge is 0.266 e. The van der Waals surface area contributed by atoms with Crippen LogP contribution < -0.4 is 5.32 Å². The second-order valence-electron chi connectivity index (χ2n) is 11.2. The van der Waals surface area contributed by atoms with Gasteiger partial charge in [0, 0.05) is 0 Å². The van der Waals surface area contributed by atoms with Crippen LogP contribution in [0.4, 0.5) is 0 Å². The average molecular weight is 576 g/mol. The van der Waals surface area contributed by atoms with E-state index in [-0.39, 0.29) is 6.42 Å². The van der Waals surface area contributed by atoms with Gasteiger partial charge in [0.1, 0.15) is 6.10 Å². The molecule has 1 amide bonds. The fraction of sp³-hybridized carbons (Fsp3) is 0.903. The molecule has 0 aliphatic heterocycles. The highest BCUT2D eigenvalue weighted by atomic mass is 32.2. The van der Waals surface area contributed by atoms with Crippen LogP contribution in [0.25, 0.3) is 0 Å². The lowest BCUT2D eigenvalue weighted by atomic mass is 10.0. The van der Waals surface area contributed by atoms with E-state index in [1.807, 2.05) is 0 Å². The summed E-state index contributed by atoms with van der Waals surface area (Å²) < 4.78 is 32.2. The lowest BCUT2D eigenvalue weighted by Crippen LogP contribution is -2.50. The summed E-state index contributed by atoms with van der Waals surface area (Å²) in [7, 11) is -4.40. The molecule has 0 aromatic rings. The summed E-state index contributed by atoms with van der Waals surface area (Å²) in [5.74, 6) is -1.47. The zero-order valence-corrected chi connectivity index (χ0v) is 25.9. The molecule has 8 heteroatoms. The van der Waals surface area contributed by atoms with Crippen molar-refractivity contribution in [2.45, 2.75) is 173 Å². The lowest BCUT2D eigenvalue weighted by molar-refractivity contribution is -0.131. The molecule has 39 heavy (non-hydrogen) atoms. The van der Waals surface area contributed by atoms with E-state index in [1.54, 1.807) is 0 Å². The van der Waals surface area contributed by atoms with Crippen molar-refractivity contribution in [2.75, 3.05) is 5.75 Å². The quantitative estimate of drug-likeness (QED) is 0.0442. The molecule has 0 rings (SSSR count). The fourth-order valence-electron chi connectivity index (χ4n) is 4.79. The van der Waals surface area contributed by atoms with Gasteiger partial charge in [0.25, 0.3) is 10.1 Å². The normalized spacial score (nSPS) is 14.5. The number of nitrogens with one attached hydrogen (secondary N) is 1. The van der Waals surface area contributed by atoms with Crippen molar-refractivity contribution in [2.24, 2.45) is 0 Å². The van der Waals surface area contributed by atoms with Gasteiger partial charge in [-0.2, -0.15) is 8.42 Å². The number of allylic oxidation sites excluding steroid dienone is 2. The van der Waals surface area contributed by atoms with Crippen LogP contribution in [-0.4, -0.2) is 53.1 Å². The first kappa shape index (κ1) is 38.0. The van der Waals surface area contributed by atoms with E-state index in [2.05, 4.69) is 31.3 Å². The summed E-state index contributed by atoms with van der Waals surface area (Å²) in [4.78, 5) is 12.4. The number of aliphatic hydroxyl groups is 2. The number of rotatable bonds is 28. The van der Waals surface area contributed by atoms with Crippen molar-refractivity contribution in [3.8, 4) is 0 Å². The molecule has 0 bridgehead atoms. The minimum Gasteiger partial charge on any atom is -0.391 e. The molecule has 0 aromatic heterocycles. The first-order valence-corrected chi connectivity index (χ1v) is 17.6. The molecule has 3 unspecified atom stereocenters. The van der Waals surface area contributed by atoms with Gasteiger partial charge in [0.2, 0.25) is 5.91 Å². The van der Waals surface area contributed by atoms with Gasteiger partial charge in [-0.1, -0.05) is 135 Å². The summed E-state index contributed by atoms with van der Waals surface area (Å²) in [5, 5.41) is 23.2.